The largest absolute Gasteiger partial charge is 0.867 e. The number of nitro groups is 1. The molecule has 0 bridgehead atoms. The number of aromatic nitrogens is 1. The number of aromatic hydroxyl groups is 1. The average Bonchev–Trinajstić information content (AvgIpc) is 3.10. The first-order valence-corrected chi connectivity index (χ1v) is 9.03. The molecule has 3 aromatic carbocycles. The van der Waals surface area contributed by atoms with E-state index in [4.69, 9.17) is 4.42 Å². The third kappa shape index (κ3) is 3.46. The monoisotopic (exact) mass is 402 g/mol. The van der Waals surface area contributed by atoms with E-state index < -0.39 is 16.4 Å². The van der Waals surface area contributed by atoms with Crippen LogP contribution in [0.1, 0.15) is 16.7 Å². The second-order valence-corrected chi connectivity index (χ2v) is 6.84. The van der Waals surface area contributed by atoms with Crippen molar-refractivity contribution < 1.29 is 19.6 Å². The predicted octanol–water partition coefficient (Wildman–Crippen LogP) is 4.55. The fraction of sp³-hybridized carbons (Fsp3) is 0.0909. The summed E-state index contributed by atoms with van der Waals surface area (Å²) in [6.45, 7) is 3.95. The van der Waals surface area contributed by atoms with Gasteiger partial charge in [0.2, 0.25) is 5.89 Å². The molecule has 0 atom stereocenters. The summed E-state index contributed by atoms with van der Waals surface area (Å²) in [5.41, 5.74) is 3.77. The zero-order valence-corrected chi connectivity index (χ0v) is 16.1. The predicted molar refractivity (Wildman–Crippen MR) is 110 cm³/mol. The molecule has 150 valence electrons. The van der Waals surface area contributed by atoms with Crippen LogP contribution in [0.2, 0.25) is 0 Å². The number of aliphatic imine (C=N–C) groups is 1. The van der Waals surface area contributed by atoms with Crippen LogP contribution >= 0.6 is 0 Å². The Kier molecular flexibility index (Phi) is 4.67. The topological polar surface area (TPSA) is 125 Å². The first kappa shape index (κ1) is 19.1. The number of rotatable bonds is 4. The lowest BCUT2D eigenvalue weighted by Gasteiger charge is -2.09. The Morgan fingerprint density at radius 1 is 1.13 bits per heavy atom. The third-order valence-corrected chi connectivity index (χ3v) is 4.79. The molecular weight excluding hydrogens is 386 g/mol. The number of nitro benzene ring substituents is 1. The Balaban J connectivity index is 1.72. The lowest BCUT2D eigenvalue weighted by atomic mass is 10.1. The molecule has 0 aliphatic heterocycles. The number of benzene rings is 3. The van der Waals surface area contributed by atoms with Gasteiger partial charge in [-0.3, -0.25) is 15.1 Å². The first-order valence-electron chi connectivity index (χ1n) is 9.03. The number of phenols is 1. The van der Waals surface area contributed by atoms with Gasteiger partial charge in [0.15, 0.2) is 5.58 Å². The van der Waals surface area contributed by atoms with Gasteiger partial charge in [0.05, 0.1) is 16.2 Å². The van der Waals surface area contributed by atoms with E-state index in [1.54, 1.807) is 12.1 Å². The van der Waals surface area contributed by atoms with E-state index in [1.165, 1.54) is 24.4 Å². The Bertz CT molecular complexity index is 1290. The molecule has 0 fully saturated rings. The normalized spacial score (nSPS) is 11.4. The molecule has 1 heterocycles. The van der Waals surface area contributed by atoms with Crippen molar-refractivity contribution in [2.75, 3.05) is 0 Å². The van der Waals surface area contributed by atoms with E-state index in [0.29, 0.717) is 22.4 Å². The van der Waals surface area contributed by atoms with Crippen LogP contribution in [0.4, 0.5) is 11.4 Å². The molecule has 0 spiro atoms. The van der Waals surface area contributed by atoms with Gasteiger partial charge >= 0.3 is 0 Å². The van der Waals surface area contributed by atoms with Crippen LogP contribution in [0.15, 0.2) is 57.9 Å². The molecule has 0 radical (unpaired) electrons. The van der Waals surface area contributed by atoms with Crippen LogP contribution in [0.5, 0.6) is 11.5 Å². The van der Waals surface area contributed by atoms with Gasteiger partial charge in [-0.05, 0) is 66.6 Å². The van der Waals surface area contributed by atoms with Gasteiger partial charge in [-0.25, -0.2) is 4.98 Å². The van der Waals surface area contributed by atoms with Crippen molar-refractivity contribution in [2.45, 2.75) is 13.8 Å². The molecule has 4 rings (SSSR count). The maximum Gasteiger partial charge on any atom is 0.262 e. The Labute approximate surface area is 170 Å². The summed E-state index contributed by atoms with van der Waals surface area (Å²) in [6.07, 6.45) is 1.25. The van der Waals surface area contributed by atoms with E-state index in [2.05, 4.69) is 9.98 Å². The highest BCUT2D eigenvalue weighted by Gasteiger charge is 2.14. The van der Waals surface area contributed by atoms with Crippen LogP contribution in [0, 0.1) is 24.0 Å². The van der Waals surface area contributed by atoms with Gasteiger partial charge < -0.3 is 14.6 Å². The van der Waals surface area contributed by atoms with E-state index in [9.17, 15) is 20.3 Å². The van der Waals surface area contributed by atoms with Gasteiger partial charge in [0.25, 0.3) is 5.69 Å². The smallest absolute Gasteiger partial charge is 0.262 e. The quantitative estimate of drug-likeness (QED) is 0.303. The molecular formula is C22H16N3O5-. The zero-order valence-electron chi connectivity index (χ0n) is 16.1. The number of hydrogen-bond donors (Lipinski definition) is 1. The van der Waals surface area contributed by atoms with Crippen molar-refractivity contribution in [3.63, 3.8) is 0 Å². The summed E-state index contributed by atoms with van der Waals surface area (Å²) in [4.78, 5) is 18.9. The molecule has 1 aromatic heterocycles. The molecule has 0 saturated carbocycles. The minimum Gasteiger partial charge on any atom is -0.867 e. The fourth-order valence-electron chi connectivity index (χ4n) is 3.00. The maximum atomic E-state index is 12.1. The highest BCUT2D eigenvalue weighted by molar-refractivity contribution is 5.87. The number of para-hydroxylation sites is 1. The molecule has 0 saturated heterocycles. The zero-order chi connectivity index (χ0) is 21.4. The number of oxazole rings is 1. The fourth-order valence-corrected chi connectivity index (χ4v) is 3.00. The van der Waals surface area contributed by atoms with Gasteiger partial charge in [-0.15, -0.1) is 0 Å². The number of hydrogen-bond acceptors (Lipinski definition) is 7. The SMILES string of the molecule is Cc1cc2nc(-c3cc(N=Cc4cccc([N+](=O)[O-])c4[O-])ccc3O)oc2cc1C. The van der Waals surface area contributed by atoms with Crippen LogP contribution in [-0.4, -0.2) is 21.2 Å². The Hall–Kier alpha value is -4.20. The lowest BCUT2D eigenvalue weighted by Crippen LogP contribution is -2.01. The summed E-state index contributed by atoms with van der Waals surface area (Å²) in [5.74, 6) is -0.506. The molecule has 4 aromatic rings. The summed E-state index contributed by atoms with van der Waals surface area (Å²) < 4.78 is 5.80. The van der Waals surface area contributed by atoms with Gasteiger partial charge in [0, 0.05) is 12.3 Å². The summed E-state index contributed by atoms with van der Waals surface area (Å²) >= 11 is 0. The average molecular weight is 402 g/mol. The van der Waals surface area contributed by atoms with Crippen LogP contribution < -0.4 is 5.11 Å². The van der Waals surface area contributed by atoms with Crippen LogP contribution in [0.25, 0.3) is 22.6 Å². The van der Waals surface area contributed by atoms with Crippen molar-refractivity contribution in [2.24, 2.45) is 4.99 Å². The first-order chi connectivity index (χ1) is 14.3. The number of nitrogens with zero attached hydrogens (tertiary/aromatic N) is 3. The van der Waals surface area contributed by atoms with E-state index in [1.807, 2.05) is 26.0 Å². The summed E-state index contributed by atoms with van der Waals surface area (Å²) in [5, 5.41) is 33.3. The third-order valence-electron chi connectivity index (χ3n) is 4.79. The number of phenolic OH excluding ortho intramolecular Hbond substituents is 1. The lowest BCUT2D eigenvalue weighted by molar-refractivity contribution is -0.398. The van der Waals surface area contributed by atoms with Gasteiger partial charge in [-0.1, -0.05) is 12.1 Å². The molecule has 0 unspecified atom stereocenters. The highest BCUT2D eigenvalue weighted by Crippen LogP contribution is 2.35. The Morgan fingerprint density at radius 3 is 2.67 bits per heavy atom. The molecule has 8 nitrogen and oxygen atoms in total. The molecule has 1 N–H and O–H groups in total. The maximum absolute atomic E-state index is 12.1. The Morgan fingerprint density at radius 2 is 1.90 bits per heavy atom. The van der Waals surface area contributed by atoms with Crippen molar-refractivity contribution in [1.29, 1.82) is 0 Å². The molecule has 0 aliphatic carbocycles. The van der Waals surface area contributed by atoms with E-state index in [-0.39, 0.29) is 17.2 Å². The minimum atomic E-state index is -0.727. The van der Waals surface area contributed by atoms with Crippen molar-refractivity contribution in [3.8, 4) is 23.0 Å². The second-order valence-electron chi connectivity index (χ2n) is 6.84. The van der Waals surface area contributed by atoms with Crippen molar-refractivity contribution in [3.05, 3.63) is 75.3 Å². The van der Waals surface area contributed by atoms with Crippen molar-refractivity contribution >= 4 is 28.7 Å². The highest BCUT2D eigenvalue weighted by atomic mass is 16.6. The number of fused-ring (bicyclic) bond motifs is 1. The second kappa shape index (κ2) is 7.32. The van der Waals surface area contributed by atoms with Crippen molar-refractivity contribution in [1.82, 2.24) is 4.98 Å². The van der Waals surface area contributed by atoms with E-state index >= 15 is 0 Å². The number of aryl methyl sites for hydroxylation is 2. The van der Waals surface area contributed by atoms with Gasteiger partial charge in [-0.2, -0.15) is 0 Å². The van der Waals surface area contributed by atoms with Crippen LogP contribution in [0.3, 0.4) is 0 Å². The minimum absolute atomic E-state index is 0.0335. The summed E-state index contributed by atoms with van der Waals surface area (Å²) in [6, 6.07) is 12.4. The van der Waals surface area contributed by atoms with Gasteiger partial charge in [0.1, 0.15) is 11.3 Å². The molecule has 30 heavy (non-hydrogen) atoms. The standard InChI is InChI=1S/C22H17N3O5/c1-12-8-17-20(9-13(12)2)30-22(24-17)16-10-15(6-7-19(16)26)23-11-14-4-3-5-18(21(14)27)25(28)29/h3-11,26-27H,1-2H3/p-1. The summed E-state index contributed by atoms with van der Waals surface area (Å²) in [7, 11) is 0. The van der Waals surface area contributed by atoms with E-state index in [0.717, 1.165) is 17.2 Å². The molecule has 8 heteroatoms. The molecule has 0 aliphatic rings. The molecule has 0 amide bonds. The van der Waals surface area contributed by atoms with Crippen LogP contribution in [-0.2, 0) is 0 Å².